The van der Waals surface area contributed by atoms with Gasteiger partial charge in [0.15, 0.2) is 17.0 Å². The van der Waals surface area contributed by atoms with Crippen LogP contribution >= 0.6 is 0 Å². The number of nitrogens with zero attached hydrogens (tertiary/aromatic N) is 4. The molecule has 1 unspecified atom stereocenters. The topological polar surface area (TPSA) is 95.8 Å². The van der Waals surface area contributed by atoms with E-state index in [1.807, 2.05) is 26.0 Å². The minimum absolute atomic E-state index is 0.0121. The molecule has 2 heterocycles. The lowest BCUT2D eigenvalue weighted by molar-refractivity contribution is 0.271. The molecular weight excluding hydrogens is 316 g/mol. The molecule has 3 aromatic rings. The molecule has 0 fully saturated rings. The van der Waals surface area contributed by atoms with E-state index in [0.717, 1.165) is 17.7 Å². The zero-order valence-corrected chi connectivity index (χ0v) is 14.6. The second-order valence-electron chi connectivity index (χ2n) is 6.00. The molecule has 7 nitrogen and oxygen atoms in total. The summed E-state index contributed by atoms with van der Waals surface area (Å²) in [4.78, 5) is 17.6. The third-order valence-corrected chi connectivity index (χ3v) is 4.01. The van der Waals surface area contributed by atoms with Crippen LogP contribution in [0.3, 0.4) is 0 Å². The zero-order valence-electron chi connectivity index (χ0n) is 14.6. The van der Waals surface area contributed by atoms with E-state index in [4.69, 9.17) is 0 Å². The molecule has 1 atom stereocenters. The molecule has 0 amide bonds. The van der Waals surface area contributed by atoms with Crippen LogP contribution in [0.2, 0.25) is 0 Å². The number of benzene rings is 1. The van der Waals surface area contributed by atoms with Gasteiger partial charge in [0.05, 0.1) is 12.6 Å². The number of anilines is 3. The predicted molar refractivity (Wildman–Crippen MR) is 99.1 cm³/mol. The summed E-state index contributed by atoms with van der Waals surface area (Å²) in [5, 5.41) is 15.9. The molecule has 7 heteroatoms. The first-order valence-electron chi connectivity index (χ1n) is 8.31. The van der Waals surface area contributed by atoms with Crippen LogP contribution in [-0.2, 0) is 0 Å². The molecule has 1 aromatic carbocycles. The maximum absolute atomic E-state index is 9.41. The Labute approximate surface area is 146 Å². The molecule has 0 spiro atoms. The lowest BCUT2D eigenvalue weighted by Gasteiger charge is -2.16. The molecule has 3 N–H and O–H groups in total. The van der Waals surface area contributed by atoms with Crippen molar-refractivity contribution in [3.63, 3.8) is 0 Å². The van der Waals surface area contributed by atoms with Crippen molar-refractivity contribution in [1.29, 1.82) is 0 Å². The summed E-state index contributed by atoms with van der Waals surface area (Å²) in [6, 6.07) is 6.06. The Kier molecular flexibility index (Phi) is 5.04. The highest BCUT2D eigenvalue weighted by molar-refractivity contribution is 5.86. The van der Waals surface area contributed by atoms with E-state index in [2.05, 4.69) is 43.6 Å². The predicted octanol–water partition coefficient (Wildman–Crippen LogP) is 2.96. The first-order chi connectivity index (χ1) is 12.1. The van der Waals surface area contributed by atoms with Gasteiger partial charge in [0.25, 0.3) is 0 Å². The lowest BCUT2D eigenvalue weighted by Crippen LogP contribution is -2.24. The summed E-state index contributed by atoms with van der Waals surface area (Å²) in [7, 11) is 0. The van der Waals surface area contributed by atoms with Gasteiger partial charge in [-0.15, -0.1) is 0 Å². The van der Waals surface area contributed by atoms with E-state index in [9.17, 15) is 5.11 Å². The average molecular weight is 338 g/mol. The quantitative estimate of drug-likeness (QED) is 0.636. The highest BCUT2D eigenvalue weighted by Gasteiger charge is 2.13. The standard InChI is InChI=1S/C18H22N6O/c1-4-13(10-25)21-18-23-16-15(19-7-8-20-16)17(24-18)22-14-6-5-11(2)9-12(14)3/h5-9,13,25H,4,10H2,1-3H3,(H2,20,21,22,23,24). The first kappa shape index (κ1) is 17.0. The monoisotopic (exact) mass is 338 g/mol. The Morgan fingerprint density at radius 3 is 2.64 bits per heavy atom. The van der Waals surface area contributed by atoms with Crippen LogP contribution in [0.5, 0.6) is 0 Å². The van der Waals surface area contributed by atoms with Gasteiger partial charge in [-0.1, -0.05) is 24.6 Å². The summed E-state index contributed by atoms with van der Waals surface area (Å²) >= 11 is 0. The Morgan fingerprint density at radius 2 is 1.92 bits per heavy atom. The summed E-state index contributed by atoms with van der Waals surface area (Å²) in [5.41, 5.74) is 4.37. The van der Waals surface area contributed by atoms with Crippen molar-refractivity contribution >= 4 is 28.6 Å². The number of hydrogen-bond donors (Lipinski definition) is 3. The molecule has 25 heavy (non-hydrogen) atoms. The van der Waals surface area contributed by atoms with Gasteiger partial charge in [-0.25, -0.2) is 9.97 Å². The SMILES string of the molecule is CCC(CO)Nc1nc(Nc2ccc(C)cc2C)c2nccnc2n1. The second-order valence-corrected chi connectivity index (χ2v) is 6.00. The molecule has 2 aromatic heterocycles. The highest BCUT2D eigenvalue weighted by Crippen LogP contribution is 2.25. The number of rotatable bonds is 6. The smallest absolute Gasteiger partial charge is 0.227 e. The van der Waals surface area contributed by atoms with Crippen molar-refractivity contribution in [3.8, 4) is 0 Å². The van der Waals surface area contributed by atoms with Gasteiger partial charge in [0, 0.05) is 18.1 Å². The van der Waals surface area contributed by atoms with Crippen LogP contribution in [0.25, 0.3) is 11.2 Å². The third-order valence-electron chi connectivity index (χ3n) is 4.01. The summed E-state index contributed by atoms with van der Waals surface area (Å²) in [5.74, 6) is 1.00. The normalized spacial score (nSPS) is 12.2. The number of nitrogens with one attached hydrogen (secondary N) is 2. The fourth-order valence-corrected chi connectivity index (χ4v) is 2.56. The van der Waals surface area contributed by atoms with E-state index in [1.165, 1.54) is 5.56 Å². The molecular formula is C18H22N6O. The summed E-state index contributed by atoms with van der Waals surface area (Å²) in [6.45, 7) is 6.11. The molecule has 130 valence electrons. The van der Waals surface area contributed by atoms with Crippen molar-refractivity contribution in [2.45, 2.75) is 33.2 Å². The number of fused-ring (bicyclic) bond motifs is 1. The maximum atomic E-state index is 9.41. The molecule has 0 radical (unpaired) electrons. The molecule has 0 aliphatic carbocycles. The summed E-state index contributed by atoms with van der Waals surface area (Å²) < 4.78 is 0. The molecule has 0 aliphatic heterocycles. The second kappa shape index (κ2) is 7.40. The van der Waals surface area contributed by atoms with Crippen molar-refractivity contribution in [2.24, 2.45) is 0 Å². The van der Waals surface area contributed by atoms with Crippen LogP contribution in [0.4, 0.5) is 17.5 Å². The average Bonchev–Trinajstić information content (AvgIpc) is 2.62. The minimum Gasteiger partial charge on any atom is -0.394 e. The van der Waals surface area contributed by atoms with E-state index < -0.39 is 0 Å². The number of aryl methyl sites for hydroxylation is 2. The van der Waals surface area contributed by atoms with Crippen LogP contribution in [-0.4, -0.2) is 37.7 Å². The van der Waals surface area contributed by atoms with Crippen molar-refractivity contribution in [1.82, 2.24) is 19.9 Å². The van der Waals surface area contributed by atoms with Gasteiger partial charge in [-0.3, -0.25) is 0 Å². The highest BCUT2D eigenvalue weighted by atomic mass is 16.3. The Bertz CT molecular complexity index is 879. The van der Waals surface area contributed by atoms with Crippen molar-refractivity contribution in [2.75, 3.05) is 17.2 Å². The van der Waals surface area contributed by atoms with Gasteiger partial charge in [0.1, 0.15) is 0 Å². The molecule has 0 aliphatic rings. The number of aliphatic hydroxyl groups excluding tert-OH is 1. The van der Waals surface area contributed by atoms with Gasteiger partial charge < -0.3 is 15.7 Å². The fourth-order valence-electron chi connectivity index (χ4n) is 2.56. The van der Waals surface area contributed by atoms with Crippen LogP contribution < -0.4 is 10.6 Å². The fraction of sp³-hybridized carbons (Fsp3) is 0.333. The first-order valence-corrected chi connectivity index (χ1v) is 8.31. The van der Waals surface area contributed by atoms with Crippen LogP contribution in [0, 0.1) is 13.8 Å². The van der Waals surface area contributed by atoms with Crippen LogP contribution in [0.1, 0.15) is 24.5 Å². The van der Waals surface area contributed by atoms with E-state index in [0.29, 0.717) is 22.9 Å². The Morgan fingerprint density at radius 1 is 1.12 bits per heavy atom. The third kappa shape index (κ3) is 3.83. The Balaban J connectivity index is 2.02. The Hall–Kier alpha value is -2.80. The van der Waals surface area contributed by atoms with Crippen LogP contribution in [0.15, 0.2) is 30.6 Å². The van der Waals surface area contributed by atoms with Crippen molar-refractivity contribution < 1.29 is 5.11 Å². The number of aliphatic hydroxyl groups is 1. The van der Waals surface area contributed by atoms with Gasteiger partial charge in [-0.2, -0.15) is 9.97 Å². The van der Waals surface area contributed by atoms with Gasteiger partial charge in [-0.05, 0) is 31.9 Å². The van der Waals surface area contributed by atoms with E-state index >= 15 is 0 Å². The van der Waals surface area contributed by atoms with Gasteiger partial charge >= 0.3 is 0 Å². The number of hydrogen-bond acceptors (Lipinski definition) is 7. The molecule has 0 bridgehead atoms. The van der Waals surface area contributed by atoms with Crippen molar-refractivity contribution in [3.05, 3.63) is 41.7 Å². The largest absolute Gasteiger partial charge is 0.394 e. The van der Waals surface area contributed by atoms with E-state index in [-0.39, 0.29) is 12.6 Å². The summed E-state index contributed by atoms with van der Waals surface area (Å²) in [6.07, 6.45) is 3.98. The molecule has 0 saturated carbocycles. The van der Waals surface area contributed by atoms with E-state index in [1.54, 1.807) is 12.4 Å². The lowest BCUT2D eigenvalue weighted by atomic mass is 10.1. The molecule has 3 rings (SSSR count). The number of aromatic nitrogens is 4. The zero-order chi connectivity index (χ0) is 17.8. The van der Waals surface area contributed by atoms with Gasteiger partial charge in [0.2, 0.25) is 5.95 Å². The molecule has 0 saturated heterocycles. The maximum Gasteiger partial charge on any atom is 0.227 e. The minimum atomic E-state index is -0.108.